The fourth-order valence-corrected chi connectivity index (χ4v) is 1.98. The van der Waals surface area contributed by atoms with Gasteiger partial charge < -0.3 is 11.1 Å². The summed E-state index contributed by atoms with van der Waals surface area (Å²) in [6.07, 6.45) is 0. The minimum atomic E-state index is 0. The van der Waals surface area contributed by atoms with Gasteiger partial charge in [0.05, 0.1) is 0 Å². The lowest BCUT2D eigenvalue weighted by Gasteiger charge is -2.27. The molecule has 1 aromatic rings. The van der Waals surface area contributed by atoms with E-state index in [1.54, 1.807) is 0 Å². The maximum Gasteiger partial charge on any atom is 0.0234 e. The molecule has 2 rings (SSSR count). The quantitative estimate of drug-likeness (QED) is 0.894. The van der Waals surface area contributed by atoms with Crippen LogP contribution in [0.15, 0.2) is 24.3 Å². The van der Waals surface area contributed by atoms with Crippen molar-refractivity contribution >= 4 is 37.2 Å². The largest absolute Gasteiger partial charge is 0.326 e. The monoisotopic (exact) mass is 313 g/mol. The van der Waals surface area contributed by atoms with Crippen LogP contribution in [0.5, 0.6) is 0 Å². The molecule has 0 aromatic heterocycles. The number of halogens is 3. The minimum Gasteiger partial charge on any atom is -0.326 e. The third-order valence-corrected chi connectivity index (χ3v) is 2.84. The van der Waals surface area contributed by atoms with E-state index < -0.39 is 0 Å². The summed E-state index contributed by atoms with van der Waals surface area (Å²) in [4.78, 5) is 2.48. The zero-order valence-electron chi connectivity index (χ0n) is 10.3. The van der Waals surface area contributed by atoms with Crippen LogP contribution in [0.3, 0.4) is 0 Å². The Labute approximate surface area is 128 Å². The normalized spacial score (nSPS) is 14.9. The Morgan fingerprint density at radius 1 is 1.06 bits per heavy atom. The number of benzene rings is 1. The molecule has 1 saturated heterocycles. The Bertz CT molecular complexity index is 317. The molecule has 0 radical (unpaired) electrons. The van der Waals surface area contributed by atoms with E-state index in [0.29, 0.717) is 6.54 Å². The summed E-state index contributed by atoms with van der Waals surface area (Å²) in [5, 5.41) is 3.36. The van der Waals surface area contributed by atoms with Crippen LogP contribution in [0.1, 0.15) is 11.1 Å². The highest BCUT2D eigenvalue weighted by atomic mass is 35.5. The van der Waals surface area contributed by atoms with Gasteiger partial charge in [0.1, 0.15) is 0 Å². The topological polar surface area (TPSA) is 41.3 Å². The standard InChI is InChI=1S/C12H19N3.3ClH/c13-9-11-2-1-3-12(8-11)10-15-6-4-14-5-7-15;;;/h1-3,8,14H,4-7,9-10,13H2;3*1H. The van der Waals surface area contributed by atoms with Crippen LogP contribution in [0.2, 0.25) is 0 Å². The van der Waals surface area contributed by atoms with E-state index in [4.69, 9.17) is 5.73 Å². The molecule has 0 saturated carbocycles. The van der Waals surface area contributed by atoms with Crippen LogP contribution in [0.25, 0.3) is 0 Å². The van der Waals surface area contributed by atoms with Crippen LogP contribution in [0, 0.1) is 0 Å². The number of nitrogens with one attached hydrogen (secondary N) is 1. The third kappa shape index (κ3) is 6.23. The van der Waals surface area contributed by atoms with Gasteiger partial charge >= 0.3 is 0 Å². The summed E-state index contributed by atoms with van der Waals surface area (Å²) < 4.78 is 0. The molecule has 0 aliphatic carbocycles. The van der Waals surface area contributed by atoms with Gasteiger partial charge in [0.15, 0.2) is 0 Å². The molecule has 3 N–H and O–H groups in total. The van der Waals surface area contributed by atoms with Crippen molar-refractivity contribution in [3.63, 3.8) is 0 Å². The van der Waals surface area contributed by atoms with Gasteiger partial charge in [-0.2, -0.15) is 0 Å². The van der Waals surface area contributed by atoms with Crippen molar-refractivity contribution in [2.24, 2.45) is 5.73 Å². The van der Waals surface area contributed by atoms with Gasteiger partial charge in [0, 0.05) is 39.3 Å². The fourth-order valence-electron chi connectivity index (χ4n) is 1.98. The van der Waals surface area contributed by atoms with Gasteiger partial charge in [-0.25, -0.2) is 0 Å². The Morgan fingerprint density at radius 2 is 1.67 bits per heavy atom. The second-order valence-electron chi connectivity index (χ2n) is 4.05. The first-order valence-corrected chi connectivity index (χ1v) is 5.59. The number of piperazine rings is 1. The highest BCUT2D eigenvalue weighted by Crippen LogP contribution is 2.08. The molecule has 0 spiro atoms. The maximum atomic E-state index is 5.63. The van der Waals surface area contributed by atoms with E-state index in [1.165, 1.54) is 11.1 Å². The van der Waals surface area contributed by atoms with Crippen molar-refractivity contribution in [3.05, 3.63) is 35.4 Å². The fraction of sp³-hybridized carbons (Fsp3) is 0.500. The maximum absolute atomic E-state index is 5.63. The first-order valence-electron chi connectivity index (χ1n) is 5.59. The Morgan fingerprint density at radius 3 is 2.28 bits per heavy atom. The molecule has 1 aliphatic rings. The van der Waals surface area contributed by atoms with Gasteiger partial charge in [0.25, 0.3) is 0 Å². The number of nitrogens with two attached hydrogens (primary N) is 1. The summed E-state index contributed by atoms with van der Waals surface area (Å²) in [6.45, 7) is 6.19. The highest BCUT2D eigenvalue weighted by Gasteiger charge is 2.09. The van der Waals surface area contributed by atoms with E-state index in [2.05, 4.69) is 34.5 Å². The molecule has 0 amide bonds. The molecule has 18 heavy (non-hydrogen) atoms. The lowest BCUT2D eigenvalue weighted by Crippen LogP contribution is -2.42. The van der Waals surface area contributed by atoms with Gasteiger partial charge in [0.2, 0.25) is 0 Å². The van der Waals surface area contributed by atoms with Crippen LogP contribution in [-0.2, 0) is 13.1 Å². The summed E-state index contributed by atoms with van der Waals surface area (Å²) >= 11 is 0. The average molecular weight is 315 g/mol. The number of rotatable bonds is 3. The van der Waals surface area contributed by atoms with Gasteiger partial charge in [-0.3, -0.25) is 4.90 Å². The van der Waals surface area contributed by atoms with Crippen molar-refractivity contribution in [3.8, 4) is 0 Å². The number of hydrogen-bond acceptors (Lipinski definition) is 3. The molecule has 1 aliphatic heterocycles. The molecule has 106 valence electrons. The predicted molar refractivity (Wildman–Crippen MR) is 84.2 cm³/mol. The molecular weight excluding hydrogens is 293 g/mol. The first kappa shape index (κ1) is 20.3. The van der Waals surface area contributed by atoms with E-state index in [0.717, 1.165) is 32.7 Å². The number of nitrogens with zero attached hydrogens (tertiary/aromatic N) is 1. The van der Waals surface area contributed by atoms with E-state index in [9.17, 15) is 0 Å². The SMILES string of the molecule is Cl.Cl.Cl.NCc1cccc(CN2CCNCC2)c1. The van der Waals surface area contributed by atoms with Crippen LogP contribution < -0.4 is 11.1 Å². The van der Waals surface area contributed by atoms with Crippen molar-refractivity contribution in [2.75, 3.05) is 26.2 Å². The molecule has 1 aromatic carbocycles. The van der Waals surface area contributed by atoms with Gasteiger partial charge in [-0.05, 0) is 11.1 Å². The second kappa shape index (κ2) is 10.9. The summed E-state index contributed by atoms with van der Waals surface area (Å²) in [7, 11) is 0. The van der Waals surface area contributed by atoms with Gasteiger partial charge in [-0.15, -0.1) is 37.2 Å². The molecular formula is C12H22Cl3N3. The first-order chi connectivity index (χ1) is 7.38. The molecule has 1 fully saturated rings. The van der Waals surface area contributed by atoms with Crippen LogP contribution >= 0.6 is 37.2 Å². The summed E-state index contributed by atoms with van der Waals surface area (Å²) in [5.41, 5.74) is 8.23. The molecule has 1 heterocycles. The van der Waals surface area contributed by atoms with Gasteiger partial charge in [-0.1, -0.05) is 24.3 Å². The smallest absolute Gasteiger partial charge is 0.0234 e. The summed E-state index contributed by atoms with van der Waals surface area (Å²) in [6, 6.07) is 8.57. The van der Waals surface area contributed by atoms with Crippen molar-refractivity contribution < 1.29 is 0 Å². The Kier molecular flexibility index (Phi) is 12.2. The number of hydrogen-bond donors (Lipinski definition) is 2. The predicted octanol–water partition coefficient (Wildman–Crippen LogP) is 1.82. The van der Waals surface area contributed by atoms with Crippen molar-refractivity contribution in [1.29, 1.82) is 0 Å². The van der Waals surface area contributed by atoms with E-state index >= 15 is 0 Å². The van der Waals surface area contributed by atoms with Crippen molar-refractivity contribution in [1.82, 2.24) is 10.2 Å². The van der Waals surface area contributed by atoms with Crippen LogP contribution in [-0.4, -0.2) is 31.1 Å². The highest BCUT2D eigenvalue weighted by molar-refractivity contribution is 5.86. The minimum absolute atomic E-state index is 0. The van der Waals surface area contributed by atoms with E-state index in [-0.39, 0.29) is 37.2 Å². The zero-order valence-corrected chi connectivity index (χ0v) is 12.8. The molecule has 0 bridgehead atoms. The lowest BCUT2D eigenvalue weighted by atomic mass is 10.1. The van der Waals surface area contributed by atoms with E-state index in [1.807, 2.05) is 0 Å². The molecule has 0 unspecified atom stereocenters. The average Bonchev–Trinajstić information content (AvgIpc) is 2.31. The summed E-state index contributed by atoms with van der Waals surface area (Å²) in [5.74, 6) is 0. The van der Waals surface area contributed by atoms with Crippen molar-refractivity contribution in [2.45, 2.75) is 13.1 Å². The Hall–Kier alpha value is -0.0300. The zero-order chi connectivity index (χ0) is 10.5. The van der Waals surface area contributed by atoms with Crippen LogP contribution in [0.4, 0.5) is 0 Å². The lowest BCUT2D eigenvalue weighted by molar-refractivity contribution is 0.233. The molecule has 0 atom stereocenters. The molecule has 6 heteroatoms. The Balaban J connectivity index is 0. The third-order valence-electron chi connectivity index (χ3n) is 2.84. The second-order valence-corrected chi connectivity index (χ2v) is 4.05. The molecule has 3 nitrogen and oxygen atoms in total.